The topological polar surface area (TPSA) is 108 Å². The van der Waals surface area contributed by atoms with E-state index in [0.29, 0.717) is 28.2 Å². The molecule has 3 aromatic carbocycles. The number of rotatable bonds is 7. The van der Waals surface area contributed by atoms with E-state index in [-0.39, 0.29) is 24.7 Å². The van der Waals surface area contributed by atoms with Gasteiger partial charge in [-0.2, -0.15) is 0 Å². The third-order valence-electron chi connectivity index (χ3n) is 6.51. The van der Waals surface area contributed by atoms with E-state index in [1.807, 2.05) is 37.3 Å². The molecular weight excluding hydrogens is 472 g/mol. The van der Waals surface area contributed by atoms with Gasteiger partial charge in [0.15, 0.2) is 5.78 Å². The van der Waals surface area contributed by atoms with Crippen LogP contribution in [0.4, 0.5) is 5.69 Å². The molecule has 0 aromatic heterocycles. The molecule has 5 rings (SSSR count). The van der Waals surface area contributed by atoms with E-state index in [1.165, 1.54) is 12.1 Å². The monoisotopic (exact) mass is 496 g/mol. The van der Waals surface area contributed by atoms with Gasteiger partial charge in [-0.15, -0.1) is 0 Å². The molecule has 1 N–H and O–H groups in total. The van der Waals surface area contributed by atoms with Crippen molar-refractivity contribution >= 4 is 23.1 Å². The second-order valence-electron chi connectivity index (χ2n) is 8.76. The van der Waals surface area contributed by atoms with Crippen LogP contribution in [0.2, 0.25) is 0 Å². The summed E-state index contributed by atoms with van der Waals surface area (Å²) in [6, 6.07) is 20.8. The van der Waals surface area contributed by atoms with Crippen molar-refractivity contribution in [2.75, 3.05) is 6.61 Å². The fourth-order valence-electron chi connectivity index (χ4n) is 4.78. The summed E-state index contributed by atoms with van der Waals surface area (Å²) >= 11 is 0. The molecular formula is C29H24N2O6. The molecule has 2 aliphatic rings. The minimum atomic E-state index is -0.598. The number of hydrogen-bond acceptors (Lipinski definition) is 7. The van der Waals surface area contributed by atoms with Crippen molar-refractivity contribution in [3.05, 3.63) is 122 Å². The Morgan fingerprint density at radius 3 is 2.32 bits per heavy atom. The van der Waals surface area contributed by atoms with Crippen molar-refractivity contribution in [1.29, 1.82) is 0 Å². The lowest BCUT2D eigenvalue weighted by Gasteiger charge is -2.29. The zero-order valence-electron chi connectivity index (χ0n) is 20.3. The number of fused-ring (bicyclic) bond motifs is 2. The number of nitrogens with one attached hydrogen (secondary N) is 1. The van der Waals surface area contributed by atoms with E-state index in [1.54, 1.807) is 37.3 Å². The van der Waals surface area contributed by atoms with E-state index in [2.05, 4.69) is 5.32 Å². The fraction of sp³-hybridized carbons (Fsp3) is 0.172. The highest BCUT2D eigenvalue weighted by molar-refractivity contribution is 6.23. The van der Waals surface area contributed by atoms with E-state index in [0.717, 1.165) is 22.4 Å². The van der Waals surface area contributed by atoms with Gasteiger partial charge in [0.2, 0.25) is 0 Å². The maximum Gasteiger partial charge on any atom is 0.336 e. The van der Waals surface area contributed by atoms with Gasteiger partial charge in [0, 0.05) is 40.4 Å². The van der Waals surface area contributed by atoms with Crippen LogP contribution >= 0.6 is 0 Å². The number of ketones is 1. The number of benzene rings is 3. The second kappa shape index (κ2) is 9.73. The lowest BCUT2D eigenvalue weighted by Crippen LogP contribution is -2.29. The molecule has 3 aromatic rings. The molecule has 0 saturated carbocycles. The Morgan fingerprint density at radius 1 is 1.00 bits per heavy atom. The first-order valence-corrected chi connectivity index (χ1v) is 11.9. The number of carbonyl (C=O) groups is 2. The highest BCUT2D eigenvalue weighted by Gasteiger charge is 2.42. The number of carbonyl (C=O) groups excluding carboxylic acids is 2. The smallest absolute Gasteiger partial charge is 0.336 e. The molecule has 8 nitrogen and oxygen atoms in total. The van der Waals surface area contributed by atoms with Crippen molar-refractivity contribution in [1.82, 2.24) is 5.32 Å². The van der Waals surface area contributed by atoms with Crippen LogP contribution in [-0.2, 0) is 16.1 Å². The fourth-order valence-corrected chi connectivity index (χ4v) is 4.78. The van der Waals surface area contributed by atoms with Gasteiger partial charge < -0.3 is 14.8 Å². The molecule has 186 valence electrons. The summed E-state index contributed by atoms with van der Waals surface area (Å²) in [6.07, 6.45) is 0. The number of esters is 1. The van der Waals surface area contributed by atoms with Crippen molar-refractivity contribution in [2.24, 2.45) is 0 Å². The third kappa shape index (κ3) is 4.38. The Labute approximate surface area is 213 Å². The van der Waals surface area contributed by atoms with Gasteiger partial charge in [-0.25, -0.2) is 4.79 Å². The van der Waals surface area contributed by atoms with E-state index in [4.69, 9.17) is 9.47 Å². The molecule has 8 heteroatoms. The number of nitro benzene ring substituents is 1. The average molecular weight is 497 g/mol. The maximum absolute atomic E-state index is 13.5. The minimum Gasteiger partial charge on any atom is -0.489 e. The Bertz CT molecular complexity index is 1470. The first kappa shape index (κ1) is 24.0. The van der Waals surface area contributed by atoms with Gasteiger partial charge in [0.05, 0.1) is 22.8 Å². The van der Waals surface area contributed by atoms with E-state index >= 15 is 0 Å². The van der Waals surface area contributed by atoms with Crippen LogP contribution in [0.15, 0.2) is 89.6 Å². The molecule has 1 atom stereocenters. The minimum absolute atomic E-state index is 0.0214. The molecule has 0 radical (unpaired) electrons. The average Bonchev–Trinajstić information content (AvgIpc) is 3.18. The van der Waals surface area contributed by atoms with Crippen LogP contribution in [0.1, 0.15) is 46.8 Å². The van der Waals surface area contributed by atoms with Gasteiger partial charge in [-0.1, -0.05) is 36.4 Å². The predicted octanol–water partition coefficient (Wildman–Crippen LogP) is 5.31. The Kier molecular flexibility index (Phi) is 6.31. The van der Waals surface area contributed by atoms with Crippen LogP contribution in [0, 0.1) is 10.1 Å². The summed E-state index contributed by atoms with van der Waals surface area (Å²) in [5.41, 5.74) is 5.29. The summed E-state index contributed by atoms with van der Waals surface area (Å²) in [4.78, 5) is 36.9. The summed E-state index contributed by atoms with van der Waals surface area (Å²) in [5, 5.41) is 14.1. The molecule has 37 heavy (non-hydrogen) atoms. The zero-order valence-corrected chi connectivity index (χ0v) is 20.3. The van der Waals surface area contributed by atoms with E-state index in [9.17, 15) is 19.7 Å². The van der Waals surface area contributed by atoms with Gasteiger partial charge >= 0.3 is 5.97 Å². The largest absolute Gasteiger partial charge is 0.489 e. The Hall–Kier alpha value is -4.72. The second-order valence-corrected chi connectivity index (χ2v) is 8.76. The first-order valence-electron chi connectivity index (χ1n) is 11.9. The van der Waals surface area contributed by atoms with Crippen molar-refractivity contribution in [2.45, 2.75) is 26.4 Å². The molecule has 0 unspecified atom stereocenters. The molecule has 0 saturated heterocycles. The van der Waals surface area contributed by atoms with Gasteiger partial charge in [0.25, 0.3) is 5.69 Å². The highest BCUT2D eigenvalue weighted by atomic mass is 16.6. The van der Waals surface area contributed by atoms with Gasteiger partial charge in [-0.3, -0.25) is 14.9 Å². The number of hydrogen-bond donors (Lipinski definition) is 1. The standard InChI is InChI=1S/C29H24N2O6/c1-3-36-29(33)24-17(2)30-27-22-6-4-5-7-23(22)28(32)26(27)25(24)19-10-14-21(15-11-19)37-16-18-8-12-20(13-9-18)31(34)35/h4-15,25,30H,3,16H2,1-2H3/t25-/m1/s1. The van der Waals surface area contributed by atoms with Crippen LogP contribution in [0.25, 0.3) is 5.70 Å². The number of non-ortho nitro benzene ring substituents is 1. The molecule has 1 aliphatic carbocycles. The summed E-state index contributed by atoms with van der Waals surface area (Å²) in [7, 11) is 0. The molecule has 0 amide bonds. The third-order valence-corrected chi connectivity index (χ3v) is 6.51. The van der Waals surface area contributed by atoms with Gasteiger partial charge in [0.1, 0.15) is 12.4 Å². The summed E-state index contributed by atoms with van der Waals surface area (Å²) in [5.74, 6) is -0.592. The lowest BCUT2D eigenvalue weighted by molar-refractivity contribution is -0.384. The van der Waals surface area contributed by atoms with Crippen LogP contribution in [0.3, 0.4) is 0 Å². The van der Waals surface area contributed by atoms with Crippen molar-refractivity contribution in [3.8, 4) is 5.75 Å². The number of allylic oxidation sites excluding steroid dienone is 2. The number of nitro groups is 1. The molecule has 1 aliphatic heterocycles. The normalized spacial score (nSPS) is 16.2. The number of dihydropyridines is 1. The van der Waals surface area contributed by atoms with Crippen LogP contribution < -0.4 is 10.1 Å². The van der Waals surface area contributed by atoms with Crippen LogP contribution in [-0.4, -0.2) is 23.3 Å². The Morgan fingerprint density at radius 2 is 1.68 bits per heavy atom. The molecule has 0 fully saturated rings. The SMILES string of the molecule is CCOC(=O)C1=C(C)NC2=C(C(=O)c3ccccc32)[C@@H]1c1ccc(OCc2ccc([N+](=O)[O-])cc2)cc1. The molecule has 0 bridgehead atoms. The predicted molar refractivity (Wildman–Crippen MR) is 137 cm³/mol. The molecule has 0 spiro atoms. The summed E-state index contributed by atoms with van der Waals surface area (Å²) < 4.78 is 11.2. The molecule has 1 heterocycles. The maximum atomic E-state index is 13.5. The highest BCUT2D eigenvalue weighted by Crippen LogP contribution is 2.46. The zero-order chi connectivity index (χ0) is 26.1. The van der Waals surface area contributed by atoms with E-state index < -0.39 is 16.8 Å². The number of ether oxygens (including phenoxy) is 2. The lowest BCUT2D eigenvalue weighted by atomic mass is 9.80. The van der Waals surface area contributed by atoms with Crippen LogP contribution in [0.5, 0.6) is 5.75 Å². The quantitative estimate of drug-likeness (QED) is 0.268. The number of Topliss-reactive ketones (excluding diaryl/α,β-unsaturated/α-hetero) is 1. The number of nitrogens with zero attached hydrogens (tertiary/aromatic N) is 1. The summed E-state index contributed by atoms with van der Waals surface area (Å²) in [6.45, 7) is 4.02. The van der Waals surface area contributed by atoms with Crippen molar-refractivity contribution in [3.63, 3.8) is 0 Å². The first-order chi connectivity index (χ1) is 17.9. The Balaban J connectivity index is 1.45. The van der Waals surface area contributed by atoms with Crippen molar-refractivity contribution < 1.29 is 24.0 Å². The van der Waals surface area contributed by atoms with Gasteiger partial charge in [-0.05, 0) is 49.2 Å².